The maximum absolute atomic E-state index is 14.2. The van der Waals surface area contributed by atoms with Crippen LogP contribution < -0.4 is 5.32 Å². The van der Waals surface area contributed by atoms with Crippen molar-refractivity contribution in [3.63, 3.8) is 0 Å². The SMILES string of the molecule is O=C(NCCc1ccccc1)N1Cc2ccccc2-n2cccc2C1c1cc(F)cc(F)c1. The topological polar surface area (TPSA) is 37.3 Å². The first-order valence-electron chi connectivity index (χ1n) is 10.9. The Morgan fingerprint density at radius 3 is 2.42 bits per heavy atom. The third-order valence-electron chi connectivity index (χ3n) is 5.96. The number of para-hydroxylation sites is 1. The van der Waals surface area contributed by atoms with Crippen LogP contribution in [0.15, 0.2) is 91.1 Å². The van der Waals surface area contributed by atoms with Crippen LogP contribution >= 0.6 is 0 Å². The Labute approximate surface area is 191 Å². The molecule has 0 bridgehead atoms. The van der Waals surface area contributed by atoms with Gasteiger partial charge in [0.15, 0.2) is 0 Å². The summed E-state index contributed by atoms with van der Waals surface area (Å²) < 4.78 is 30.4. The van der Waals surface area contributed by atoms with Crippen molar-refractivity contribution in [3.8, 4) is 5.69 Å². The van der Waals surface area contributed by atoms with Crippen molar-refractivity contribution in [1.29, 1.82) is 0 Å². The number of halogens is 2. The molecule has 5 rings (SSSR count). The summed E-state index contributed by atoms with van der Waals surface area (Å²) in [4.78, 5) is 15.1. The first-order chi connectivity index (χ1) is 16.1. The largest absolute Gasteiger partial charge is 0.338 e. The van der Waals surface area contributed by atoms with Gasteiger partial charge in [0.1, 0.15) is 11.6 Å². The number of rotatable bonds is 4. The maximum Gasteiger partial charge on any atom is 0.318 e. The molecule has 1 unspecified atom stereocenters. The Hall–Kier alpha value is -3.93. The van der Waals surface area contributed by atoms with Crippen molar-refractivity contribution in [3.05, 3.63) is 125 Å². The Bertz CT molecular complexity index is 1270. The number of carbonyl (C=O) groups is 1. The normalized spacial score (nSPS) is 14.8. The van der Waals surface area contributed by atoms with Crippen LogP contribution in [0.1, 0.15) is 28.4 Å². The number of hydrogen-bond donors (Lipinski definition) is 1. The number of benzene rings is 3. The molecule has 4 nitrogen and oxygen atoms in total. The molecule has 1 aliphatic rings. The summed E-state index contributed by atoms with van der Waals surface area (Å²) >= 11 is 0. The van der Waals surface area contributed by atoms with Gasteiger partial charge in [0.25, 0.3) is 0 Å². The van der Waals surface area contributed by atoms with E-state index in [-0.39, 0.29) is 6.03 Å². The smallest absolute Gasteiger partial charge is 0.318 e. The van der Waals surface area contributed by atoms with Gasteiger partial charge in [0, 0.05) is 24.5 Å². The molecule has 1 aliphatic heterocycles. The number of nitrogens with one attached hydrogen (secondary N) is 1. The zero-order chi connectivity index (χ0) is 22.8. The molecule has 0 spiro atoms. The summed E-state index contributed by atoms with van der Waals surface area (Å²) in [6.07, 6.45) is 2.60. The predicted octanol–water partition coefficient (Wildman–Crippen LogP) is 5.61. The zero-order valence-electron chi connectivity index (χ0n) is 17.9. The van der Waals surface area contributed by atoms with Gasteiger partial charge in [0.2, 0.25) is 0 Å². The second-order valence-corrected chi connectivity index (χ2v) is 8.13. The van der Waals surface area contributed by atoms with Gasteiger partial charge in [-0.3, -0.25) is 0 Å². The zero-order valence-corrected chi connectivity index (χ0v) is 17.9. The van der Waals surface area contributed by atoms with Gasteiger partial charge in [-0.2, -0.15) is 0 Å². The molecule has 2 amide bonds. The lowest BCUT2D eigenvalue weighted by Crippen LogP contribution is -2.42. The summed E-state index contributed by atoms with van der Waals surface area (Å²) in [6, 6.07) is 24.0. The van der Waals surface area contributed by atoms with E-state index in [0.717, 1.165) is 28.6 Å². The number of urea groups is 1. The van der Waals surface area contributed by atoms with Crippen LogP contribution in [0.4, 0.5) is 13.6 Å². The molecule has 1 atom stereocenters. The molecule has 2 heterocycles. The number of aromatic nitrogens is 1. The van der Waals surface area contributed by atoms with E-state index in [0.29, 0.717) is 25.1 Å². The van der Waals surface area contributed by atoms with E-state index in [1.165, 1.54) is 12.1 Å². The van der Waals surface area contributed by atoms with Gasteiger partial charge in [-0.25, -0.2) is 13.6 Å². The van der Waals surface area contributed by atoms with Crippen LogP contribution in [0, 0.1) is 11.6 Å². The molecular formula is C27H23F2N3O. The minimum Gasteiger partial charge on any atom is -0.338 e. The van der Waals surface area contributed by atoms with Crippen LogP contribution in [0.2, 0.25) is 0 Å². The standard InChI is InChI=1S/C27H23F2N3O/c28-22-15-21(16-23(29)17-22)26-25-11-6-14-31(25)24-10-5-4-9-20(24)18-32(26)27(33)30-13-12-19-7-2-1-3-8-19/h1-11,14-17,26H,12-13,18H2,(H,30,33). The summed E-state index contributed by atoms with van der Waals surface area (Å²) in [6.45, 7) is 0.754. The summed E-state index contributed by atoms with van der Waals surface area (Å²) in [5.74, 6) is -1.34. The van der Waals surface area contributed by atoms with E-state index in [1.54, 1.807) is 4.90 Å². The van der Waals surface area contributed by atoms with E-state index >= 15 is 0 Å². The highest BCUT2D eigenvalue weighted by Gasteiger charge is 2.33. The monoisotopic (exact) mass is 443 g/mol. The molecule has 166 valence electrons. The van der Waals surface area contributed by atoms with Crippen molar-refractivity contribution < 1.29 is 13.6 Å². The van der Waals surface area contributed by atoms with E-state index < -0.39 is 17.7 Å². The van der Waals surface area contributed by atoms with Crippen LogP contribution in [-0.2, 0) is 13.0 Å². The van der Waals surface area contributed by atoms with Crippen molar-refractivity contribution >= 4 is 6.03 Å². The van der Waals surface area contributed by atoms with Crippen molar-refractivity contribution in [1.82, 2.24) is 14.8 Å². The first-order valence-corrected chi connectivity index (χ1v) is 10.9. The fraction of sp³-hybridized carbons (Fsp3) is 0.148. The third-order valence-corrected chi connectivity index (χ3v) is 5.96. The van der Waals surface area contributed by atoms with Gasteiger partial charge in [-0.05, 0) is 53.4 Å². The second-order valence-electron chi connectivity index (χ2n) is 8.13. The fourth-order valence-electron chi connectivity index (χ4n) is 4.48. The highest BCUT2D eigenvalue weighted by molar-refractivity contribution is 5.76. The molecule has 4 aromatic rings. The van der Waals surface area contributed by atoms with E-state index in [4.69, 9.17) is 0 Å². The average Bonchev–Trinajstić information content (AvgIpc) is 3.23. The highest BCUT2D eigenvalue weighted by Crippen LogP contribution is 2.37. The number of amides is 2. The number of fused-ring (bicyclic) bond motifs is 3. The molecule has 1 aromatic heterocycles. The average molecular weight is 443 g/mol. The number of carbonyl (C=O) groups excluding carboxylic acids is 1. The maximum atomic E-state index is 14.2. The van der Waals surface area contributed by atoms with Crippen LogP contribution in [0.25, 0.3) is 5.69 Å². The minimum absolute atomic E-state index is 0.287. The minimum atomic E-state index is -0.672. The molecule has 0 saturated carbocycles. The fourth-order valence-corrected chi connectivity index (χ4v) is 4.48. The van der Waals surface area contributed by atoms with E-state index in [1.807, 2.05) is 77.5 Å². The third kappa shape index (κ3) is 4.24. The molecule has 33 heavy (non-hydrogen) atoms. The molecule has 0 radical (unpaired) electrons. The van der Waals surface area contributed by atoms with Crippen LogP contribution in [0.3, 0.4) is 0 Å². The molecule has 3 aromatic carbocycles. The lowest BCUT2D eigenvalue weighted by Gasteiger charge is -2.31. The molecule has 0 fully saturated rings. The number of nitrogens with zero attached hydrogens (tertiary/aromatic N) is 2. The Balaban J connectivity index is 1.52. The quantitative estimate of drug-likeness (QED) is 0.437. The Morgan fingerprint density at radius 2 is 1.64 bits per heavy atom. The van der Waals surface area contributed by atoms with Crippen molar-refractivity contribution in [2.45, 2.75) is 19.0 Å². The van der Waals surface area contributed by atoms with Gasteiger partial charge < -0.3 is 14.8 Å². The summed E-state index contributed by atoms with van der Waals surface area (Å²) in [5, 5.41) is 3.00. The van der Waals surface area contributed by atoms with E-state index in [9.17, 15) is 13.6 Å². The van der Waals surface area contributed by atoms with Gasteiger partial charge >= 0.3 is 6.03 Å². The van der Waals surface area contributed by atoms with E-state index in [2.05, 4.69) is 5.32 Å². The summed E-state index contributed by atoms with van der Waals surface area (Å²) in [7, 11) is 0. The molecule has 0 saturated heterocycles. The molecule has 0 aliphatic carbocycles. The number of hydrogen-bond acceptors (Lipinski definition) is 1. The molecule has 6 heteroatoms. The van der Waals surface area contributed by atoms with Crippen LogP contribution in [0.5, 0.6) is 0 Å². The van der Waals surface area contributed by atoms with Gasteiger partial charge in [-0.15, -0.1) is 0 Å². The summed E-state index contributed by atoms with van der Waals surface area (Å²) in [5.41, 5.74) is 4.17. The lowest BCUT2D eigenvalue weighted by molar-refractivity contribution is 0.180. The van der Waals surface area contributed by atoms with Gasteiger partial charge in [0.05, 0.1) is 18.3 Å². The highest BCUT2D eigenvalue weighted by atomic mass is 19.1. The predicted molar refractivity (Wildman–Crippen MR) is 123 cm³/mol. The second kappa shape index (κ2) is 8.90. The van der Waals surface area contributed by atoms with Crippen molar-refractivity contribution in [2.24, 2.45) is 0 Å². The first kappa shape index (κ1) is 20.9. The van der Waals surface area contributed by atoms with Crippen LogP contribution in [-0.4, -0.2) is 22.0 Å². The van der Waals surface area contributed by atoms with Crippen molar-refractivity contribution in [2.75, 3.05) is 6.54 Å². The molecule has 1 N–H and O–H groups in total. The molecular weight excluding hydrogens is 420 g/mol. The van der Waals surface area contributed by atoms with Gasteiger partial charge in [-0.1, -0.05) is 48.5 Å². The Morgan fingerprint density at radius 1 is 0.909 bits per heavy atom. The Kier molecular flexibility index (Phi) is 5.65. The lowest BCUT2D eigenvalue weighted by atomic mass is 10.0.